The van der Waals surface area contributed by atoms with Crippen molar-refractivity contribution in [2.24, 2.45) is 0 Å². The minimum atomic E-state index is -0.510. The predicted octanol–water partition coefficient (Wildman–Crippen LogP) is 1.85. The molecule has 1 heterocycles. The van der Waals surface area contributed by atoms with Crippen molar-refractivity contribution < 1.29 is 13.9 Å². The summed E-state index contributed by atoms with van der Waals surface area (Å²) in [6.07, 6.45) is -0.510. The van der Waals surface area contributed by atoms with Gasteiger partial charge in [-0.05, 0) is 12.1 Å². The minimum absolute atomic E-state index is 0. The molecule has 0 saturated carbocycles. The second-order valence-electron chi connectivity index (χ2n) is 4.46. The Morgan fingerprint density at radius 2 is 2.35 bits per heavy atom. The van der Waals surface area contributed by atoms with Gasteiger partial charge in [0.1, 0.15) is 11.9 Å². The number of ether oxygens (including phenoxy) is 1. The van der Waals surface area contributed by atoms with Gasteiger partial charge in [0.05, 0.1) is 6.61 Å². The van der Waals surface area contributed by atoms with Gasteiger partial charge >= 0.3 is 0 Å². The molecular formula is C13H17Cl2FN2O2. The third-order valence-electron chi connectivity index (χ3n) is 3.04. The summed E-state index contributed by atoms with van der Waals surface area (Å²) in [5, 5.41) is 3.41. The van der Waals surface area contributed by atoms with Crippen LogP contribution in [0.4, 0.5) is 4.39 Å². The van der Waals surface area contributed by atoms with E-state index in [1.807, 2.05) is 0 Å². The highest BCUT2D eigenvalue weighted by Gasteiger charge is 2.25. The SMILES string of the molecule is CN(Cc1c(F)cccc1Cl)C(=O)C1CNCCO1.Cl. The Balaban J connectivity index is 0.00000200. The number of likely N-dealkylation sites (N-methyl/N-ethyl adjacent to an activating group) is 1. The molecule has 1 unspecified atom stereocenters. The van der Waals surface area contributed by atoms with Crippen LogP contribution in [-0.2, 0) is 16.1 Å². The Kier molecular flexibility index (Phi) is 6.68. The maximum atomic E-state index is 13.7. The normalized spacial score (nSPS) is 18.2. The Hall–Kier alpha value is -0.880. The molecule has 1 aliphatic rings. The second kappa shape index (κ2) is 7.78. The number of amides is 1. The number of carbonyl (C=O) groups is 1. The molecule has 0 radical (unpaired) electrons. The molecule has 0 spiro atoms. The van der Waals surface area contributed by atoms with Gasteiger partial charge in [-0.3, -0.25) is 4.79 Å². The Labute approximate surface area is 128 Å². The van der Waals surface area contributed by atoms with E-state index in [-0.39, 0.29) is 24.9 Å². The van der Waals surface area contributed by atoms with E-state index >= 15 is 0 Å². The van der Waals surface area contributed by atoms with Gasteiger partial charge in [-0.1, -0.05) is 17.7 Å². The first-order valence-electron chi connectivity index (χ1n) is 6.10. The molecule has 7 heteroatoms. The zero-order valence-electron chi connectivity index (χ0n) is 11.1. The van der Waals surface area contributed by atoms with Gasteiger partial charge in [0.15, 0.2) is 0 Å². The maximum absolute atomic E-state index is 13.7. The fraction of sp³-hybridized carbons (Fsp3) is 0.462. The molecule has 112 valence electrons. The standard InChI is InChI=1S/C13H16ClFN2O2.ClH/c1-17(13(18)12-7-16-5-6-19-12)8-9-10(14)3-2-4-11(9)15;/h2-4,12,16H,5-8H2,1H3;1H. The van der Waals surface area contributed by atoms with Gasteiger partial charge in [-0.25, -0.2) is 4.39 Å². The molecular weight excluding hydrogens is 306 g/mol. The van der Waals surface area contributed by atoms with Crippen LogP contribution in [0.2, 0.25) is 5.02 Å². The van der Waals surface area contributed by atoms with Crippen molar-refractivity contribution in [3.05, 3.63) is 34.6 Å². The monoisotopic (exact) mass is 322 g/mol. The molecule has 1 aliphatic heterocycles. The van der Waals surface area contributed by atoms with E-state index in [0.29, 0.717) is 23.7 Å². The lowest BCUT2D eigenvalue weighted by molar-refractivity contribution is -0.144. The van der Waals surface area contributed by atoms with Crippen LogP contribution < -0.4 is 5.32 Å². The highest BCUT2D eigenvalue weighted by molar-refractivity contribution is 6.31. The van der Waals surface area contributed by atoms with E-state index in [1.54, 1.807) is 13.1 Å². The van der Waals surface area contributed by atoms with Crippen molar-refractivity contribution in [3.8, 4) is 0 Å². The van der Waals surface area contributed by atoms with Crippen molar-refractivity contribution >= 4 is 29.9 Å². The first-order chi connectivity index (χ1) is 9.09. The fourth-order valence-electron chi connectivity index (χ4n) is 1.97. The molecule has 0 aliphatic carbocycles. The van der Waals surface area contributed by atoms with Crippen LogP contribution in [0, 0.1) is 5.82 Å². The average molecular weight is 323 g/mol. The predicted molar refractivity (Wildman–Crippen MR) is 77.7 cm³/mol. The lowest BCUT2D eigenvalue weighted by atomic mass is 10.2. The van der Waals surface area contributed by atoms with E-state index in [1.165, 1.54) is 17.0 Å². The number of hydrogen-bond acceptors (Lipinski definition) is 3. The van der Waals surface area contributed by atoms with E-state index in [2.05, 4.69) is 5.32 Å². The molecule has 0 aromatic heterocycles. The smallest absolute Gasteiger partial charge is 0.253 e. The topological polar surface area (TPSA) is 41.6 Å². The van der Waals surface area contributed by atoms with Gasteiger partial charge < -0.3 is 15.0 Å². The molecule has 2 rings (SSSR count). The Bertz CT molecular complexity index is 447. The highest BCUT2D eigenvalue weighted by atomic mass is 35.5. The van der Waals surface area contributed by atoms with Crippen molar-refractivity contribution in [2.45, 2.75) is 12.6 Å². The molecule has 1 saturated heterocycles. The number of hydrogen-bond donors (Lipinski definition) is 1. The zero-order valence-corrected chi connectivity index (χ0v) is 12.6. The third-order valence-corrected chi connectivity index (χ3v) is 3.39. The van der Waals surface area contributed by atoms with Gasteiger partial charge in [-0.15, -0.1) is 12.4 Å². The van der Waals surface area contributed by atoms with E-state index in [0.717, 1.165) is 6.54 Å². The third kappa shape index (κ3) is 4.06. The van der Waals surface area contributed by atoms with Crippen molar-refractivity contribution in [3.63, 3.8) is 0 Å². The first kappa shape index (κ1) is 17.2. The van der Waals surface area contributed by atoms with Crippen LogP contribution in [0.1, 0.15) is 5.56 Å². The molecule has 1 atom stereocenters. The quantitative estimate of drug-likeness (QED) is 0.923. The van der Waals surface area contributed by atoms with Crippen LogP contribution in [0.3, 0.4) is 0 Å². The van der Waals surface area contributed by atoms with E-state index in [4.69, 9.17) is 16.3 Å². The van der Waals surface area contributed by atoms with Crippen molar-refractivity contribution in [2.75, 3.05) is 26.7 Å². The van der Waals surface area contributed by atoms with Crippen LogP contribution in [-0.4, -0.2) is 43.7 Å². The lowest BCUT2D eigenvalue weighted by Gasteiger charge is -2.27. The van der Waals surface area contributed by atoms with Crippen molar-refractivity contribution in [1.29, 1.82) is 0 Å². The number of nitrogens with zero attached hydrogens (tertiary/aromatic N) is 1. The maximum Gasteiger partial charge on any atom is 0.253 e. The molecule has 1 amide bonds. The minimum Gasteiger partial charge on any atom is -0.366 e. The summed E-state index contributed by atoms with van der Waals surface area (Å²) >= 11 is 5.94. The van der Waals surface area contributed by atoms with Gasteiger partial charge in [-0.2, -0.15) is 0 Å². The Morgan fingerprint density at radius 3 is 2.95 bits per heavy atom. The molecule has 1 fully saturated rings. The highest BCUT2D eigenvalue weighted by Crippen LogP contribution is 2.20. The fourth-order valence-corrected chi connectivity index (χ4v) is 2.19. The summed E-state index contributed by atoms with van der Waals surface area (Å²) in [6, 6.07) is 4.48. The van der Waals surface area contributed by atoms with Crippen LogP contribution in [0.15, 0.2) is 18.2 Å². The summed E-state index contributed by atoms with van der Waals surface area (Å²) in [4.78, 5) is 13.6. The number of rotatable bonds is 3. The Morgan fingerprint density at radius 1 is 1.60 bits per heavy atom. The number of halogens is 3. The van der Waals surface area contributed by atoms with Crippen molar-refractivity contribution in [1.82, 2.24) is 10.2 Å². The van der Waals surface area contributed by atoms with Gasteiger partial charge in [0.2, 0.25) is 0 Å². The molecule has 1 aromatic carbocycles. The van der Waals surface area contributed by atoms with Crippen LogP contribution in [0.25, 0.3) is 0 Å². The average Bonchev–Trinajstić information content (AvgIpc) is 2.43. The number of morpholine rings is 1. The summed E-state index contributed by atoms with van der Waals surface area (Å²) in [7, 11) is 1.61. The number of nitrogens with one attached hydrogen (secondary N) is 1. The summed E-state index contributed by atoms with van der Waals surface area (Å²) < 4.78 is 19.0. The van der Waals surface area contributed by atoms with Crippen LogP contribution >= 0.6 is 24.0 Å². The van der Waals surface area contributed by atoms with E-state index < -0.39 is 11.9 Å². The first-order valence-corrected chi connectivity index (χ1v) is 6.47. The summed E-state index contributed by atoms with van der Waals surface area (Å²) in [6.45, 7) is 1.86. The molecule has 1 aromatic rings. The molecule has 1 N–H and O–H groups in total. The molecule has 4 nitrogen and oxygen atoms in total. The lowest BCUT2D eigenvalue weighted by Crippen LogP contribution is -2.48. The second-order valence-corrected chi connectivity index (χ2v) is 4.87. The summed E-state index contributed by atoms with van der Waals surface area (Å²) in [5.74, 6) is -0.582. The van der Waals surface area contributed by atoms with Gasteiger partial charge in [0, 0.05) is 37.3 Å². The largest absolute Gasteiger partial charge is 0.366 e. The van der Waals surface area contributed by atoms with Gasteiger partial charge in [0.25, 0.3) is 5.91 Å². The van der Waals surface area contributed by atoms with E-state index in [9.17, 15) is 9.18 Å². The number of carbonyl (C=O) groups excluding carboxylic acids is 1. The molecule has 0 bridgehead atoms. The zero-order chi connectivity index (χ0) is 13.8. The number of benzene rings is 1. The van der Waals surface area contributed by atoms with Crippen LogP contribution in [0.5, 0.6) is 0 Å². The summed E-state index contributed by atoms with van der Waals surface area (Å²) in [5.41, 5.74) is 0.323. The molecule has 20 heavy (non-hydrogen) atoms.